The van der Waals surface area contributed by atoms with Gasteiger partial charge in [0.25, 0.3) is 5.91 Å². The number of fused-ring (bicyclic) bond motifs is 1. The third-order valence-electron chi connectivity index (χ3n) is 5.84. The Morgan fingerprint density at radius 1 is 1.05 bits per heavy atom. The number of para-hydroxylation sites is 2. The Balaban J connectivity index is 1.29. The lowest BCUT2D eigenvalue weighted by Gasteiger charge is -2.25. The zero-order valence-electron chi connectivity index (χ0n) is 20.7. The summed E-state index contributed by atoms with van der Waals surface area (Å²) in [6, 6.07) is 16.4. The highest BCUT2D eigenvalue weighted by molar-refractivity contribution is 7.11. The van der Waals surface area contributed by atoms with Crippen LogP contribution >= 0.6 is 11.3 Å². The second-order valence-corrected chi connectivity index (χ2v) is 9.16. The summed E-state index contributed by atoms with van der Waals surface area (Å²) in [5, 5.41) is 3.41. The van der Waals surface area contributed by atoms with E-state index in [2.05, 4.69) is 15.4 Å². The molecule has 0 radical (unpaired) electrons. The molecule has 1 amide bonds. The molecule has 1 aliphatic rings. The molecule has 0 aliphatic carbocycles. The standard InChI is InChI=1S/C28H24N4O5S/c1-35-24-11-9-18(14-25(24)36-2)23-15-22(26-8-5-13-38-26)31-32(23)27(33)17-37-28(34)12-10-19-16-29-20-6-3-4-7-21(20)30-19/h3-16,23,31H,17H2,1-2H3/t23-/m1/s1. The van der Waals surface area contributed by atoms with Gasteiger partial charge in [0, 0.05) is 6.08 Å². The third-order valence-corrected chi connectivity index (χ3v) is 6.75. The predicted molar refractivity (Wildman–Crippen MR) is 144 cm³/mol. The van der Waals surface area contributed by atoms with Gasteiger partial charge in [0.1, 0.15) is 0 Å². The molecule has 9 nitrogen and oxygen atoms in total. The molecule has 5 rings (SSSR count). The molecule has 192 valence electrons. The molecule has 0 saturated heterocycles. The molecule has 2 aromatic carbocycles. The van der Waals surface area contributed by atoms with Crippen molar-refractivity contribution in [2.45, 2.75) is 6.04 Å². The lowest BCUT2D eigenvalue weighted by molar-refractivity contribution is -0.149. The van der Waals surface area contributed by atoms with E-state index in [1.807, 2.05) is 60.0 Å². The van der Waals surface area contributed by atoms with E-state index in [1.54, 1.807) is 37.8 Å². The van der Waals surface area contributed by atoms with Gasteiger partial charge in [0.05, 0.1) is 53.8 Å². The first-order valence-corrected chi connectivity index (χ1v) is 12.6. The van der Waals surface area contributed by atoms with Crippen molar-refractivity contribution in [2.75, 3.05) is 20.8 Å². The van der Waals surface area contributed by atoms with Crippen molar-refractivity contribution in [3.05, 3.63) is 94.5 Å². The van der Waals surface area contributed by atoms with E-state index < -0.39 is 24.5 Å². The summed E-state index contributed by atoms with van der Waals surface area (Å²) < 4.78 is 16.0. The Hall–Kier alpha value is -4.70. The van der Waals surface area contributed by atoms with Crippen LogP contribution in [0.3, 0.4) is 0 Å². The number of aromatic nitrogens is 2. The highest BCUT2D eigenvalue weighted by Crippen LogP contribution is 2.37. The first-order chi connectivity index (χ1) is 18.6. The van der Waals surface area contributed by atoms with Crippen molar-refractivity contribution in [3.63, 3.8) is 0 Å². The number of hydrogen-bond acceptors (Lipinski definition) is 9. The number of carbonyl (C=O) groups is 2. The Bertz CT molecular complexity index is 1530. The number of esters is 1. The van der Waals surface area contributed by atoms with Crippen molar-refractivity contribution in [2.24, 2.45) is 0 Å². The van der Waals surface area contributed by atoms with Crippen molar-refractivity contribution in [1.82, 2.24) is 20.4 Å². The first-order valence-electron chi connectivity index (χ1n) is 11.7. The number of methoxy groups -OCH3 is 2. The van der Waals surface area contributed by atoms with Crippen LogP contribution in [-0.4, -0.2) is 47.7 Å². The minimum absolute atomic E-state index is 0.417. The molecule has 1 atom stereocenters. The molecule has 0 fully saturated rings. The number of rotatable bonds is 8. The van der Waals surface area contributed by atoms with E-state index in [9.17, 15) is 9.59 Å². The third kappa shape index (κ3) is 5.35. The van der Waals surface area contributed by atoms with Crippen LogP contribution in [0.4, 0.5) is 0 Å². The minimum Gasteiger partial charge on any atom is -0.493 e. The van der Waals surface area contributed by atoms with E-state index in [-0.39, 0.29) is 0 Å². The topological polar surface area (TPSA) is 103 Å². The zero-order chi connectivity index (χ0) is 26.5. The maximum atomic E-state index is 13.2. The van der Waals surface area contributed by atoms with Gasteiger partial charge in [-0.3, -0.25) is 15.2 Å². The fraction of sp³-hybridized carbons (Fsp3) is 0.143. The molecule has 3 heterocycles. The molecule has 0 spiro atoms. The molecule has 0 bridgehead atoms. The van der Waals surface area contributed by atoms with Crippen LogP contribution in [0.5, 0.6) is 11.5 Å². The van der Waals surface area contributed by atoms with Gasteiger partial charge in [0.2, 0.25) is 0 Å². The normalized spacial score (nSPS) is 14.8. The molecule has 1 N–H and O–H groups in total. The number of nitrogens with one attached hydrogen (secondary N) is 1. The van der Waals surface area contributed by atoms with Gasteiger partial charge in [-0.05, 0) is 53.4 Å². The second-order valence-electron chi connectivity index (χ2n) is 8.22. The second kappa shape index (κ2) is 11.1. The van der Waals surface area contributed by atoms with Crippen molar-refractivity contribution < 1.29 is 23.8 Å². The monoisotopic (exact) mass is 528 g/mol. The Kier molecular flexibility index (Phi) is 7.32. The molecule has 2 aromatic heterocycles. The number of hydrazine groups is 1. The van der Waals surface area contributed by atoms with Gasteiger partial charge in [0.15, 0.2) is 18.1 Å². The number of nitrogens with zero attached hydrogens (tertiary/aromatic N) is 3. The summed E-state index contributed by atoms with van der Waals surface area (Å²) in [7, 11) is 3.12. The summed E-state index contributed by atoms with van der Waals surface area (Å²) in [5.74, 6) is 0.0459. The van der Waals surface area contributed by atoms with Gasteiger partial charge < -0.3 is 14.2 Å². The molecule has 0 saturated carbocycles. The van der Waals surface area contributed by atoms with Gasteiger partial charge in [-0.1, -0.05) is 24.3 Å². The van der Waals surface area contributed by atoms with E-state index in [0.717, 1.165) is 21.7 Å². The Morgan fingerprint density at radius 2 is 1.87 bits per heavy atom. The van der Waals surface area contributed by atoms with E-state index in [0.29, 0.717) is 22.7 Å². The maximum absolute atomic E-state index is 13.2. The van der Waals surface area contributed by atoms with Gasteiger partial charge in [-0.25, -0.2) is 14.8 Å². The molecule has 1 aliphatic heterocycles. The number of thiophene rings is 1. The minimum atomic E-state index is -0.665. The van der Waals surface area contributed by atoms with E-state index in [1.165, 1.54) is 17.2 Å². The average Bonchev–Trinajstić information content (AvgIpc) is 3.65. The van der Waals surface area contributed by atoms with Gasteiger partial charge in [-0.2, -0.15) is 0 Å². The number of amides is 1. The van der Waals surface area contributed by atoms with Crippen molar-refractivity contribution in [1.29, 1.82) is 0 Å². The van der Waals surface area contributed by atoms with E-state index in [4.69, 9.17) is 14.2 Å². The number of hydrogen-bond donors (Lipinski definition) is 1. The van der Waals surface area contributed by atoms with Crippen LogP contribution < -0.4 is 14.9 Å². The summed E-state index contributed by atoms with van der Waals surface area (Å²) in [6.07, 6.45) is 6.25. The summed E-state index contributed by atoms with van der Waals surface area (Å²) >= 11 is 1.55. The fourth-order valence-corrected chi connectivity index (χ4v) is 4.69. The molecule has 10 heteroatoms. The van der Waals surface area contributed by atoms with Crippen LogP contribution in [0.2, 0.25) is 0 Å². The lowest BCUT2D eigenvalue weighted by atomic mass is 10.0. The first kappa shape index (κ1) is 25.0. The van der Waals surface area contributed by atoms with Crippen LogP contribution in [0.25, 0.3) is 22.8 Å². The molecule has 4 aromatic rings. The Morgan fingerprint density at radius 3 is 2.63 bits per heavy atom. The van der Waals surface area contributed by atoms with E-state index >= 15 is 0 Å². The predicted octanol–water partition coefficient (Wildman–Crippen LogP) is 4.39. The summed E-state index contributed by atoms with van der Waals surface area (Å²) in [4.78, 5) is 35.3. The summed E-state index contributed by atoms with van der Waals surface area (Å²) in [6.45, 7) is -0.449. The zero-order valence-corrected chi connectivity index (χ0v) is 21.5. The Labute approximate surface area is 223 Å². The van der Waals surface area contributed by atoms with Crippen LogP contribution in [-0.2, 0) is 14.3 Å². The largest absolute Gasteiger partial charge is 0.493 e. The summed E-state index contributed by atoms with van der Waals surface area (Å²) in [5.41, 5.74) is 6.73. The fourth-order valence-electron chi connectivity index (χ4n) is 3.99. The highest BCUT2D eigenvalue weighted by Gasteiger charge is 2.32. The van der Waals surface area contributed by atoms with Crippen LogP contribution in [0.1, 0.15) is 22.2 Å². The highest BCUT2D eigenvalue weighted by atomic mass is 32.1. The van der Waals surface area contributed by atoms with Gasteiger partial charge >= 0.3 is 5.97 Å². The smallest absolute Gasteiger partial charge is 0.331 e. The quantitative estimate of drug-likeness (QED) is 0.265. The molecular weight excluding hydrogens is 504 g/mol. The lowest BCUT2D eigenvalue weighted by Crippen LogP contribution is -2.41. The molecular formula is C28H24N4O5S. The SMILES string of the molecule is COc1ccc([C@H]2C=C(c3cccs3)NN2C(=O)COC(=O)C=Cc2cnc3ccccc3n2)cc1OC. The van der Waals surface area contributed by atoms with Crippen LogP contribution in [0, 0.1) is 0 Å². The average molecular weight is 529 g/mol. The van der Waals surface area contributed by atoms with Crippen LogP contribution in [0.15, 0.2) is 78.3 Å². The van der Waals surface area contributed by atoms with Gasteiger partial charge in [-0.15, -0.1) is 11.3 Å². The number of benzene rings is 2. The molecule has 38 heavy (non-hydrogen) atoms. The van der Waals surface area contributed by atoms with Crippen molar-refractivity contribution >= 4 is 46.0 Å². The number of carbonyl (C=O) groups excluding carboxylic acids is 2. The molecule has 0 unspecified atom stereocenters. The number of ether oxygens (including phenoxy) is 3. The van der Waals surface area contributed by atoms with Crippen molar-refractivity contribution in [3.8, 4) is 11.5 Å². The maximum Gasteiger partial charge on any atom is 0.331 e.